The average Bonchev–Trinajstić information content (AvgIpc) is 3.14. The van der Waals surface area contributed by atoms with Crippen molar-refractivity contribution in [2.24, 2.45) is 5.92 Å². The fraction of sp³-hybridized carbons (Fsp3) is 0.389. The lowest BCUT2D eigenvalue weighted by Crippen LogP contribution is -2.12. The van der Waals surface area contributed by atoms with Gasteiger partial charge in [-0.1, -0.05) is 26.0 Å². The summed E-state index contributed by atoms with van der Waals surface area (Å²) >= 11 is 0. The van der Waals surface area contributed by atoms with E-state index in [0.29, 0.717) is 29.2 Å². The van der Waals surface area contributed by atoms with Crippen LogP contribution in [0.5, 0.6) is 5.75 Å². The van der Waals surface area contributed by atoms with Gasteiger partial charge in [-0.2, -0.15) is 5.10 Å². The van der Waals surface area contributed by atoms with Gasteiger partial charge in [-0.05, 0) is 29.5 Å². The Bertz CT molecular complexity index is 955. The second kappa shape index (κ2) is 5.78. The zero-order valence-electron chi connectivity index (χ0n) is 13.8. The number of rotatable bonds is 4. The highest BCUT2D eigenvalue weighted by atomic mass is 16.5. The van der Waals surface area contributed by atoms with E-state index in [1.165, 1.54) is 5.56 Å². The lowest BCUT2D eigenvalue weighted by atomic mass is 10.1. The second-order valence-electron chi connectivity index (χ2n) is 6.73. The Hall–Kier alpha value is -2.63. The van der Waals surface area contributed by atoms with Gasteiger partial charge in [-0.25, -0.2) is 4.98 Å². The number of aromatic amines is 2. The summed E-state index contributed by atoms with van der Waals surface area (Å²) in [5.74, 6) is 2.09. The molecule has 3 heterocycles. The van der Waals surface area contributed by atoms with Crippen LogP contribution in [-0.4, -0.2) is 26.8 Å². The molecule has 6 nitrogen and oxygen atoms in total. The molecule has 0 unspecified atom stereocenters. The molecule has 6 heteroatoms. The van der Waals surface area contributed by atoms with Crippen molar-refractivity contribution >= 4 is 11.0 Å². The van der Waals surface area contributed by atoms with Gasteiger partial charge in [0.1, 0.15) is 17.1 Å². The molecule has 0 saturated heterocycles. The summed E-state index contributed by atoms with van der Waals surface area (Å²) in [6.07, 6.45) is 2.35. The number of H-pyrrole nitrogens is 2. The number of hydrogen-bond donors (Lipinski definition) is 2. The second-order valence-corrected chi connectivity index (χ2v) is 6.73. The summed E-state index contributed by atoms with van der Waals surface area (Å²) in [6.45, 7) is 5.01. The first-order chi connectivity index (χ1) is 11.6. The zero-order valence-corrected chi connectivity index (χ0v) is 13.8. The average molecular weight is 324 g/mol. The molecule has 0 fully saturated rings. The van der Waals surface area contributed by atoms with Gasteiger partial charge in [0.2, 0.25) is 0 Å². The zero-order chi connectivity index (χ0) is 16.7. The van der Waals surface area contributed by atoms with Crippen LogP contribution in [0.15, 0.2) is 23.0 Å². The molecule has 0 radical (unpaired) electrons. The van der Waals surface area contributed by atoms with Crippen molar-refractivity contribution in [3.63, 3.8) is 0 Å². The lowest BCUT2D eigenvalue weighted by molar-refractivity contribution is 0.357. The van der Waals surface area contributed by atoms with Crippen molar-refractivity contribution in [3.05, 3.63) is 51.2 Å². The number of nitrogens with zero attached hydrogens (tertiary/aromatic N) is 2. The number of nitrogens with one attached hydrogen (secondary N) is 2. The molecule has 4 rings (SSSR count). The Morgan fingerprint density at radius 1 is 1.29 bits per heavy atom. The number of fused-ring (bicyclic) bond motifs is 2. The van der Waals surface area contributed by atoms with Gasteiger partial charge in [0.05, 0.1) is 12.3 Å². The van der Waals surface area contributed by atoms with E-state index in [1.54, 1.807) is 0 Å². The third-order valence-corrected chi connectivity index (χ3v) is 4.27. The van der Waals surface area contributed by atoms with E-state index >= 15 is 0 Å². The SMILES string of the molecule is CC(C)Cc1[nH]nc2c(=O)[nH]c(Cc3ccc4c(c3)CCO4)nc12. The number of aromatic nitrogens is 4. The standard InChI is InChI=1S/C18H20N4O2/c1-10(2)7-13-16-17(22-21-13)18(23)20-15(19-16)9-11-3-4-14-12(8-11)5-6-24-14/h3-4,8,10H,5-7,9H2,1-2H3,(H,21,22)(H,19,20,23). The van der Waals surface area contributed by atoms with Crippen LogP contribution >= 0.6 is 0 Å². The summed E-state index contributed by atoms with van der Waals surface area (Å²) in [6, 6.07) is 6.16. The molecule has 1 aromatic carbocycles. The highest BCUT2D eigenvalue weighted by Gasteiger charge is 2.15. The molecule has 0 bridgehead atoms. The summed E-state index contributed by atoms with van der Waals surface area (Å²) < 4.78 is 5.54. The maximum atomic E-state index is 12.3. The summed E-state index contributed by atoms with van der Waals surface area (Å²) in [4.78, 5) is 19.8. The molecule has 124 valence electrons. The normalized spacial score (nSPS) is 13.5. The molecule has 1 aliphatic heterocycles. The highest BCUT2D eigenvalue weighted by molar-refractivity contribution is 5.75. The van der Waals surface area contributed by atoms with E-state index in [9.17, 15) is 4.79 Å². The Morgan fingerprint density at radius 3 is 3.00 bits per heavy atom. The molecule has 1 aliphatic rings. The maximum Gasteiger partial charge on any atom is 0.279 e. The van der Waals surface area contributed by atoms with Crippen LogP contribution in [0.3, 0.4) is 0 Å². The molecular formula is C18H20N4O2. The molecule has 0 saturated carbocycles. The van der Waals surface area contributed by atoms with Crippen molar-refractivity contribution in [3.8, 4) is 5.75 Å². The minimum atomic E-state index is -0.189. The minimum absolute atomic E-state index is 0.189. The first-order valence-corrected chi connectivity index (χ1v) is 8.31. The molecule has 0 aliphatic carbocycles. The monoisotopic (exact) mass is 324 g/mol. The van der Waals surface area contributed by atoms with Gasteiger partial charge in [-0.3, -0.25) is 9.89 Å². The Labute approximate surface area is 139 Å². The molecule has 0 atom stereocenters. The van der Waals surface area contributed by atoms with E-state index < -0.39 is 0 Å². The lowest BCUT2D eigenvalue weighted by Gasteiger charge is -2.05. The van der Waals surface area contributed by atoms with Crippen molar-refractivity contribution in [1.82, 2.24) is 20.2 Å². The van der Waals surface area contributed by atoms with Gasteiger partial charge in [0.25, 0.3) is 5.56 Å². The van der Waals surface area contributed by atoms with E-state index in [-0.39, 0.29) is 5.56 Å². The van der Waals surface area contributed by atoms with Crippen LogP contribution in [0.25, 0.3) is 11.0 Å². The van der Waals surface area contributed by atoms with Crippen molar-refractivity contribution in [2.45, 2.75) is 33.1 Å². The van der Waals surface area contributed by atoms with Gasteiger partial charge >= 0.3 is 0 Å². The van der Waals surface area contributed by atoms with Crippen molar-refractivity contribution in [1.29, 1.82) is 0 Å². The van der Waals surface area contributed by atoms with Crippen molar-refractivity contribution in [2.75, 3.05) is 6.61 Å². The number of hydrogen-bond acceptors (Lipinski definition) is 4. The predicted molar refractivity (Wildman–Crippen MR) is 91.5 cm³/mol. The topological polar surface area (TPSA) is 83.7 Å². The first kappa shape index (κ1) is 14.9. The van der Waals surface area contributed by atoms with Crippen LogP contribution in [0.2, 0.25) is 0 Å². The molecule has 24 heavy (non-hydrogen) atoms. The highest BCUT2D eigenvalue weighted by Crippen LogP contribution is 2.26. The fourth-order valence-electron chi connectivity index (χ4n) is 3.18. The van der Waals surface area contributed by atoms with E-state index in [4.69, 9.17) is 4.74 Å². The van der Waals surface area contributed by atoms with E-state index in [2.05, 4.69) is 40.1 Å². The van der Waals surface area contributed by atoms with Gasteiger partial charge < -0.3 is 9.72 Å². The Kier molecular flexibility index (Phi) is 3.59. The maximum absolute atomic E-state index is 12.3. The molecule has 3 aromatic rings. The van der Waals surface area contributed by atoms with Crippen LogP contribution in [0, 0.1) is 5.92 Å². The van der Waals surface area contributed by atoms with Gasteiger partial charge in [0.15, 0.2) is 5.52 Å². The third kappa shape index (κ3) is 2.68. The van der Waals surface area contributed by atoms with E-state index in [1.807, 2.05) is 12.1 Å². The number of benzene rings is 1. The Balaban J connectivity index is 1.70. The molecule has 2 aromatic heterocycles. The Morgan fingerprint density at radius 2 is 2.17 bits per heavy atom. The third-order valence-electron chi connectivity index (χ3n) is 4.27. The van der Waals surface area contributed by atoms with Gasteiger partial charge in [-0.15, -0.1) is 0 Å². The minimum Gasteiger partial charge on any atom is -0.493 e. The summed E-state index contributed by atoms with van der Waals surface area (Å²) in [5.41, 5.74) is 4.15. The molecule has 0 spiro atoms. The summed E-state index contributed by atoms with van der Waals surface area (Å²) in [7, 11) is 0. The van der Waals surface area contributed by atoms with Crippen LogP contribution < -0.4 is 10.3 Å². The first-order valence-electron chi connectivity index (χ1n) is 8.31. The smallest absolute Gasteiger partial charge is 0.279 e. The molecule has 0 amide bonds. The quantitative estimate of drug-likeness (QED) is 0.772. The van der Waals surface area contributed by atoms with Crippen LogP contribution in [0.1, 0.15) is 36.5 Å². The van der Waals surface area contributed by atoms with Crippen LogP contribution in [-0.2, 0) is 19.3 Å². The van der Waals surface area contributed by atoms with E-state index in [0.717, 1.165) is 36.5 Å². The molecular weight excluding hydrogens is 304 g/mol. The van der Waals surface area contributed by atoms with Gasteiger partial charge in [0, 0.05) is 12.8 Å². The fourth-order valence-corrected chi connectivity index (χ4v) is 3.18. The largest absolute Gasteiger partial charge is 0.493 e. The molecule has 2 N–H and O–H groups in total. The van der Waals surface area contributed by atoms with Crippen molar-refractivity contribution < 1.29 is 4.74 Å². The van der Waals surface area contributed by atoms with Crippen LogP contribution in [0.4, 0.5) is 0 Å². The number of ether oxygens (including phenoxy) is 1. The predicted octanol–water partition coefficient (Wildman–Crippen LogP) is 2.37. The summed E-state index contributed by atoms with van der Waals surface area (Å²) in [5, 5.41) is 7.08.